The molecule has 1 aromatic heterocycles. The maximum Gasteiger partial charge on any atom is 0.251 e. The predicted octanol–water partition coefficient (Wildman–Crippen LogP) is 3.77. The van der Waals surface area contributed by atoms with Crippen LogP contribution >= 0.6 is 24.0 Å². The largest absolute Gasteiger partial charge is 0.357 e. The molecule has 2 N–H and O–H groups in total. The zero-order valence-corrected chi connectivity index (χ0v) is 20.7. The normalized spacial score (nSPS) is 11.6. The Bertz CT molecular complexity index is 823. The third-order valence-electron chi connectivity index (χ3n) is 4.24. The summed E-state index contributed by atoms with van der Waals surface area (Å²) in [5.74, 6) is 0.777. The van der Waals surface area contributed by atoms with Crippen LogP contribution in [-0.4, -0.2) is 40.5 Å². The molecule has 160 valence electrons. The Kier molecular flexibility index (Phi) is 9.68. The summed E-state index contributed by atoms with van der Waals surface area (Å²) in [5, 5.41) is 6.34. The number of amides is 1. The van der Waals surface area contributed by atoms with E-state index in [2.05, 4.69) is 33.1 Å². The van der Waals surface area contributed by atoms with E-state index in [0.29, 0.717) is 12.1 Å². The summed E-state index contributed by atoms with van der Waals surface area (Å²) < 4.78 is 2.11. The van der Waals surface area contributed by atoms with Gasteiger partial charge in [-0.2, -0.15) is 0 Å². The second kappa shape index (κ2) is 11.2. The molecule has 0 radical (unpaired) electrons. The van der Waals surface area contributed by atoms with Gasteiger partial charge in [-0.1, -0.05) is 12.1 Å². The van der Waals surface area contributed by atoms with E-state index < -0.39 is 0 Å². The number of nitrogens with one attached hydrogen (secondary N) is 2. The first-order valence-corrected chi connectivity index (χ1v) is 9.70. The molecule has 1 aromatic carbocycles. The van der Waals surface area contributed by atoms with E-state index in [-0.39, 0.29) is 35.4 Å². The minimum absolute atomic E-state index is 0. The minimum Gasteiger partial charge on any atom is -0.357 e. The third-order valence-corrected chi connectivity index (χ3v) is 4.24. The van der Waals surface area contributed by atoms with Crippen LogP contribution in [0.1, 0.15) is 49.3 Å². The first-order valence-electron chi connectivity index (χ1n) is 9.70. The molecule has 1 amide bonds. The van der Waals surface area contributed by atoms with Gasteiger partial charge in [-0.3, -0.25) is 4.79 Å². The second-order valence-corrected chi connectivity index (χ2v) is 8.04. The summed E-state index contributed by atoms with van der Waals surface area (Å²) in [4.78, 5) is 19.3. The van der Waals surface area contributed by atoms with Gasteiger partial charge in [-0.15, -0.1) is 24.0 Å². The van der Waals surface area contributed by atoms with Crippen LogP contribution in [0.15, 0.2) is 47.6 Å². The predicted molar refractivity (Wildman–Crippen MR) is 131 cm³/mol. The molecule has 0 saturated heterocycles. The monoisotopic (exact) mass is 511 g/mol. The Labute approximate surface area is 191 Å². The fourth-order valence-corrected chi connectivity index (χ4v) is 2.84. The van der Waals surface area contributed by atoms with E-state index in [1.54, 1.807) is 0 Å². The van der Waals surface area contributed by atoms with Crippen molar-refractivity contribution < 1.29 is 4.79 Å². The number of aliphatic imine (C=N–C) groups is 1. The van der Waals surface area contributed by atoms with E-state index in [9.17, 15) is 4.79 Å². The van der Waals surface area contributed by atoms with Crippen molar-refractivity contribution in [3.8, 4) is 0 Å². The number of hydrogen-bond donors (Lipinski definition) is 2. The zero-order valence-electron chi connectivity index (χ0n) is 18.3. The fraction of sp³-hybridized carbons (Fsp3) is 0.455. The minimum atomic E-state index is -0.261. The summed E-state index contributed by atoms with van der Waals surface area (Å²) in [5.41, 5.74) is 2.62. The van der Waals surface area contributed by atoms with Crippen LogP contribution in [0.5, 0.6) is 0 Å². The molecular weight excluding hydrogens is 477 g/mol. The SMILES string of the molecule is CCNC(=NCc1cccc(C(=O)NC(C)(C)C)c1)N(C)Cc1cccn1C.I. The average Bonchev–Trinajstić information content (AvgIpc) is 3.02. The van der Waals surface area contributed by atoms with Gasteiger partial charge in [0.15, 0.2) is 5.96 Å². The molecule has 2 aromatic rings. The van der Waals surface area contributed by atoms with Crippen molar-refractivity contribution in [2.75, 3.05) is 13.6 Å². The quantitative estimate of drug-likeness (QED) is 0.353. The van der Waals surface area contributed by atoms with Gasteiger partial charge < -0.3 is 20.1 Å². The van der Waals surface area contributed by atoms with Gasteiger partial charge in [0.25, 0.3) is 5.91 Å². The van der Waals surface area contributed by atoms with Crippen molar-refractivity contribution in [1.29, 1.82) is 0 Å². The zero-order chi connectivity index (χ0) is 20.7. The van der Waals surface area contributed by atoms with E-state index >= 15 is 0 Å². The first-order chi connectivity index (χ1) is 13.2. The highest BCUT2D eigenvalue weighted by atomic mass is 127. The Hall–Kier alpha value is -2.03. The van der Waals surface area contributed by atoms with Crippen molar-refractivity contribution in [1.82, 2.24) is 20.1 Å². The summed E-state index contributed by atoms with van der Waals surface area (Å²) >= 11 is 0. The highest BCUT2D eigenvalue weighted by Gasteiger charge is 2.15. The molecule has 0 aliphatic rings. The van der Waals surface area contributed by atoms with Crippen molar-refractivity contribution in [3.63, 3.8) is 0 Å². The number of hydrogen-bond acceptors (Lipinski definition) is 2. The highest BCUT2D eigenvalue weighted by Crippen LogP contribution is 2.10. The third kappa shape index (κ3) is 8.08. The number of aromatic nitrogens is 1. The van der Waals surface area contributed by atoms with Gasteiger partial charge >= 0.3 is 0 Å². The number of nitrogens with zero attached hydrogens (tertiary/aromatic N) is 3. The summed E-state index contributed by atoms with van der Waals surface area (Å²) in [6, 6.07) is 11.8. The topological polar surface area (TPSA) is 61.7 Å². The van der Waals surface area contributed by atoms with Crippen LogP contribution in [0.4, 0.5) is 0 Å². The van der Waals surface area contributed by atoms with E-state index in [0.717, 1.165) is 24.6 Å². The summed E-state index contributed by atoms with van der Waals surface area (Å²) in [6.07, 6.45) is 2.04. The molecule has 2 rings (SSSR count). The smallest absolute Gasteiger partial charge is 0.251 e. The molecule has 0 unspecified atom stereocenters. The fourth-order valence-electron chi connectivity index (χ4n) is 2.84. The first kappa shape index (κ1) is 25.0. The molecule has 0 atom stereocenters. The van der Waals surface area contributed by atoms with Crippen LogP contribution in [-0.2, 0) is 20.1 Å². The van der Waals surface area contributed by atoms with Crippen LogP contribution < -0.4 is 10.6 Å². The molecule has 0 bridgehead atoms. The summed E-state index contributed by atoms with van der Waals surface area (Å²) in [6.45, 7) is 10.1. The Morgan fingerprint density at radius 1 is 1.21 bits per heavy atom. The molecule has 0 saturated carbocycles. The van der Waals surface area contributed by atoms with Crippen LogP contribution in [0.2, 0.25) is 0 Å². The summed E-state index contributed by atoms with van der Waals surface area (Å²) in [7, 11) is 4.07. The molecular formula is C22H34IN5O. The number of carbonyl (C=O) groups is 1. The van der Waals surface area contributed by atoms with Gasteiger partial charge in [0, 0.05) is 43.6 Å². The highest BCUT2D eigenvalue weighted by molar-refractivity contribution is 14.0. The number of carbonyl (C=O) groups excluding carboxylic acids is 1. The van der Waals surface area contributed by atoms with Crippen LogP contribution in [0, 0.1) is 0 Å². The average molecular weight is 511 g/mol. The van der Waals surface area contributed by atoms with Gasteiger partial charge in [0.05, 0.1) is 13.1 Å². The lowest BCUT2D eigenvalue weighted by molar-refractivity contribution is 0.0919. The molecule has 0 aliphatic heterocycles. The number of rotatable bonds is 6. The lowest BCUT2D eigenvalue weighted by atomic mass is 10.1. The van der Waals surface area contributed by atoms with Gasteiger partial charge in [0.1, 0.15) is 0 Å². The lowest BCUT2D eigenvalue weighted by Crippen LogP contribution is -2.40. The van der Waals surface area contributed by atoms with Gasteiger partial charge in [-0.25, -0.2) is 4.99 Å². The molecule has 0 aliphatic carbocycles. The standard InChI is InChI=1S/C22H33N5O.HI/c1-7-23-21(27(6)16-19-12-9-13-26(19)5)24-15-17-10-8-11-18(14-17)20(28)25-22(2,3)4;/h8-14H,7,15-16H2,1-6H3,(H,23,24)(H,25,28);1H. The second-order valence-electron chi connectivity index (χ2n) is 8.04. The van der Waals surface area contributed by atoms with Crippen molar-refractivity contribution in [2.24, 2.45) is 12.0 Å². The molecule has 29 heavy (non-hydrogen) atoms. The maximum atomic E-state index is 12.4. The van der Waals surface area contributed by atoms with Crippen molar-refractivity contribution in [2.45, 2.75) is 46.3 Å². The van der Waals surface area contributed by atoms with Crippen molar-refractivity contribution in [3.05, 3.63) is 59.4 Å². The van der Waals surface area contributed by atoms with E-state index in [1.165, 1.54) is 5.69 Å². The molecule has 0 fully saturated rings. The number of aryl methyl sites for hydroxylation is 1. The number of halogens is 1. The molecule has 1 heterocycles. The maximum absolute atomic E-state index is 12.4. The van der Waals surface area contributed by atoms with E-state index in [4.69, 9.17) is 4.99 Å². The van der Waals surface area contributed by atoms with Crippen LogP contribution in [0.3, 0.4) is 0 Å². The molecule has 6 nitrogen and oxygen atoms in total. The van der Waals surface area contributed by atoms with Gasteiger partial charge in [-0.05, 0) is 57.5 Å². The Morgan fingerprint density at radius 3 is 2.52 bits per heavy atom. The Balaban J connectivity index is 0.00000420. The number of guanidine groups is 1. The molecule has 0 spiro atoms. The van der Waals surface area contributed by atoms with Crippen LogP contribution in [0.25, 0.3) is 0 Å². The van der Waals surface area contributed by atoms with Crippen molar-refractivity contribution >= 4 is 35.8 Å². The lowest BCUT2D eigenvalue weighted by Gasteiger charge is -2.22. The molecule has 7 heteroatoms. The number of benzene rings is 1. The Morgan fingerprint density at radius 2 is 1.93 bits per heavy atom. The van der Waals surface area contributed by atoms with E-state index in [1.807, 2.05) is 71.4 Å². The van der Waals surface area contributed by atoms with Gasteiger partial charge in [0.2, 0.25) is 0 Å².